The van der Waals surface area contributed by atoms with Gasteiger partial charge >= 0.3 is 0 Å². The Kier molecular flexibility index (Phi) is 2.53. The van der Waals surface area contributed by atoms with Gasteiger partial charge in [-0.15, -0.1) is 0 Å². The summed E-state index contributed by atoms with van der Waals surface area (Å²) in [4.78, 5) is 0. The maximum atomic E-state index is 6.29. The van der Waals surface area contributed by atoms with Crippen LogP contribution >= 0.6 is 0 Å². The average Bonchev–Trinajstić information content (AvgIpc) is 2.26. The van der Waals surface area contributed by atoms with E-state index in [0.29, 0.717) is 12.2 Å². The zero-order valence-corrected chi connectivity index (χ0v) is 9.08. The van der Waals surface area contributed by atoms with Crippen molar-refractivity contribution < 1.29 is 4.74 Å². The zero-order valence-electron chi connectivity index (χ0n) is 9.08. The van der Waals surface area contributed by atoms with Crippen molar-refractivity contribution in [3.8, 4) is 0 Å². The van der Waals surface area contributed by atoms with Crippen LogP contribution in [0.5, 0.6) is 0 Å². The largest absolute Gasteiger partial charge is 0.374 e. The van der Waals surface area contributed by atoms with E-state index in [-0.39, 0.29) is 0 Å². The van der Waals surface area contributed by atoms with Gasteiger partial charge in [-0.05, 0) is 43.9 Å². The number of hydrogen-bond acceptors (Lipinski definition) is 1. The molecule has 0 N–H and O–H groups in total. The number of hydrogen-bond donors (Lipinski definition) is 0. The first-order valence-corrected chi connectivity index (χ1v) is 6.59. The summed E-state index contributed by atoms with van der Waals surface area (Å²) in [6, 6.07) is 0. The molecule has 3 fully saturated rings. The molecule has 0 amide bonds. The van der Waals surface area contributed by atoms with Crippen molar-refractivity contribution in [1.29, 1.82) is 0 Å². The summed E-state index contributed by atoms with van der Waals surface area (Å²) in [6.07, 6.45) is 14.2. The van der Waals surface area contributed by atoms with Gasteiger partial charge in [0.25, 0.3) is 0 Å². The molecule has 1 heteroatoms. The first-order valence-electron chi connectivity index (χ1n) is 6.59. The van der Waals surface area contributed by atoms with Gasteiger partial charge in [0.2, 0.25) is 0 Å². The maximum absolute atomic E-state index is 6.29. The van der Waals surface area contributed by atoms with Gasteiger partial charge in [-0.2, -0.15) is 0 Å². The fraction of sp³-hybridized carbons (Fsp3) is 1.00. The number of fused-ring (bicyclic) bond motifs is 2. The van der Waals surface area contributed by atoms with Gasteiger partial charge in [-0.3, -0.25) is 0 Å². The minimum Gasteiger partial charge on any atom is -0.374 e. The molecule has 3 rings (SSSR count). The molecule has 2 saturated carbocycles. The van der Waals surface area contributed by atoms with Crippen molar-refractivity contribution in [2.24, 2.45) is 11.8 Å². The lowest BCUT2D eigenvalue weighted by molar-refractivity contribution is -0.140. The normalized spacial score (nSPS) is 48.0. The van der Waals surface area contributed by atoms with E-state index in [9.17, 15) is 0 Å². The van der Waals surface area contributed by atoms with Crippen LogP contribution in [0.2, 0.25) is 0 Å². The predicted octanol–water partition coefficient (Wildman–Crippen LogP) is 3.52. The molecule has 1 heterocycles. The van der Waals surface area contributed by atoms with Crippen LogP contribution < -0.4 is 0 Å². The van der Waals surface area contributed by atoms with E-state index in [0.717, 1.165) is 11.8 Å². The highest BCUT2D eigenvalue weighted by Gasteiger charge is 2.39. The number of rotatable bonds is 0. The van der Waals surface area contributed by atoms with E-state index in [1.807, 2.05) is 0 Å². The van der Waals surface area contributed by atoms with Crippen LogP contribution in [0.3, 0.4) is 0 Å². The van der Waals surface area contributed by atoms with E-state index in [1.54, 1.807) is 0 Å². The first kappa shape index (κ1) is 9.21. The molecule has 1 nitrogen and oxygen atoms in total. The highest BCUT2D eigenvalue weighted by Crippen LogP contribution is 2.43. The van der Waals surface area contributed by atoms with Gasteiger partial charge in [0.1, 0.15) is 0 Å². The monoisotopic (exact) mass is 194 g/mol. The summed E-state index contributed by atoms with van der Waals surface area (Å²) in [6.45, 7) is 0. The highest BCUT2D eigenvalue weighted by molar-refractivity contribution is 4.88. The molecule has 0 aromatic rings. The standard InChI is InChI=1S/C13H22O/c1-3-7-12-10(5-1)9-11-6-2-4-8-13(11)14-12/h10-13H,1-9H2/t10-,11-,12-,13-/m0/s1. The van der Waals surface area contributed by atoms with Gasteiger partial charge < -0.3 is 4.74 Å². The predicted molar refractivity (Wildman–Crippen MR) is 57.2 cm³/mol. The van der Waals surface area contributed by atoms with E-state index in [2.05, 4.69) is 0 Å². The lowest BCUT2D eigenvalue weighted by Gasteiger charge is -2.46. The molecule has 0 radical (unpaired) electrons. The minimum atomic E-state index is 0.656. The van der Waals surface area contributed by atoms with Crippen molar-refractivity contribution in [2.75, 3.05) is 0 Å². The summed E-state index contributed by atoms with van der Waals surface area (Å²) in [5.41, 5.74) is 0. The third-order valence-electron chi connectivity index (χ3n) is 4.63. The first-order chi connectivity index (χ1) is 6.93. The molecule has 1 aliphatic heterocycles. The third kappa shape index (κ3) is 1.60. The molecule has 0 spiro atoms. The summed E-state index contributed by atoms with van der Waals surface area (Å²) in [7, 11) is 0. The van der Waals surface area contributed by atoms with Crippen molar-refractivity contribution >= 4 is 0 Å². The fourth-order valence-corrected chi connectivity index (χ4v) is 3.86. The Morgan fingerprint density at radius 3 is 1.71 bits per heavy atom. The van der Waals surface area contributed by atoms with Gasteiger partial charge in [0, 0.05) is 0 Å². The average molecular weight is 194 g/mol. The van der Waals surface area contributed by atoms with E-state index >= 15 is 0 Å². The second-order valence-electron chi connectivity index (χ2n) is 5.54. The molecule has 0 bridgehead atoms. The van der Waals surface area contributed by atoms with Gasteiger partial charge in [-0.1, -0.05) is 25.7 Å². The lowest BCUT2D eigenvalue weighted by atomic mass is 9.72. The minimum absolute atomic E-state index is 0.656. The molecule has 80 valence electrons. The second-order valence-corrected chi connectivity index (χ2v) is 5.54. The Morgan fingerprint density at radius 2 is 1.14 bits per heavy atom. The highest BCUT2D eigenvalue weighted by atomic mass is 16.5. The van der Waals surface area contributed by atoms with E-state index < -0.39 is 0 Å². The Bertz CT molecular complexity index is 159. The number of ether oxygens (including phenoxy) is 1. The molecule has 2 aliphatic carbocycles. The molecule has 3 aliphatic rings. The molecule has 14 heavy (non-hydrogen) atoms. The Hall–Kier alpha value is -0.0400. The van der Waals surface area contributed by atoms with Crippen LogP contribution in [0.1, 0.15) is 57.8 Å². The summed E-state index contributed by atoms with van der Waals surface area (Å²) < 4.78 is 6.29. The van der Waals surface area contributed by atoms with Gasteiger partial charge in [0.05, 0.1) is 12.2 Å². The Labute approximate surface area is 87.2 Å². The fourth-order valence-electron chi connectivity index (χ4n) is 3.86. The second kappa shape index (κ2) is 3.84. The van der Waals surface area contributed by atoms with E-state index in [4.69, 9.17) is 4.74 Å². The molecule has 0 aromatic heterocycles. The molecule has 0 aromatic carbocycles. The van der Waals surface area contributed by atoms with Crippen LogP contribution in [-0.4, -0.2) is 12.2 Å². The summed E-state index contributed by atoms with van der Waals surface area (Å²) >= 11 is 0. The van der Waals surface area contributed by atoms with Crippen molar-refractivity contribution in [1.82, 2.24) is 0 Å². The lowest BCUT2D eigenvalue weighted by Crippen LogP contribution is -2.43. The quantitative estimate of drug-likeness (QED) is 0.573. The van der Waals surface area contributed by atoms with Crippen LogP contribution in [0.4, 0.5) is 0 Å². The van der Waals surface area contributed by atoms with Crippen molar-refractivity contribution in [2.45, 2.75) is 70.0 Å². The van der Waals surface area contributed by atoms with Crippen LogP contribution in [-0.2, 0) is 4.74 Å². The molecule has 4 atom stereocenters. The van der Waals surface area contributed by atoms with Gasteiger partial charge in [0.15, 0.2) is 0 Å². The molecular formula is C13H22O. The maximum Gasteiger partial charge on any atom is 0.0607 e. The Morgan fingerprint density at radius 1 is 0.643 bits per heavy atom. The van der Waals surface area contributed by atoms with Crippen LogP contribution in [0.25, 0.3) is 0 Å². The smallest absolute Gasteiger partial charge is 0.0607 e. The Balaban J connectivity index is 1.68. The SMILES string of the molecule is C1CC[C@@H]2O[C@H]3CCCC[C@H]3C[C@@H]2C1. The molecule has 0 unspecified atom stereocenters. The molecular weight excluding hydrogens is 172 g/mol. The van der Waals surface area contributed by atoms with Gasteiger partial charge in [-0.25, -0.2) is 0 Å². The topological polar surface area (TPSA) is 9.23 Å². The summed E-state index contributed by atoms with van der Waals surface area (Å²) in [5.74, 6) is 1.87. The third-order valence-corrected chi connectivity index (χ3v) is 4.63. The van der Waals surface area contributed by atoms with Crippen LogP contribution in [0, 0.1) is 11.8 Å². The van der Waals surface area contributed by atoms with Crippen LogP contribution in [0.15, 0.2) is 0 Å². The summed E-state index contributed by atoms with van der Waals surface area (Å²) in [5, 5.41) is 0. The zero-order chi connectivity index (χ0) is 9.38. The van der Waals surface area contributed by atoms with E-state index in [1.165, 1.54) is 57.8 Å². The van der Waals surface area contributed by atoms with Crippen molar-refractivity contribution in [3.05, 3.63) is 0 Å². The molecule has 1 saturated heterocycles. The van der Waals surface area contributed by atoms with Crippen molar-refractivity contribution in [3.63, 3.8) is 0 Å².